The summed E-state index contributed by atoms with van der Waals surface area (Å²) in [4.78, 5) is 18.1. The molecule has 1 heterocycles. The molecule has 1 N–H and O–H groups in total. The zero-order valence-corrected chi connectivity index (χ0v) is 12.8. The van der Waals surface area contributed by atoms with E-state index in [-0.39, 0.29) is 11.9 Å². The molecule has 0 aliphatic rings. The molecule has 1 amide bonds. The average molecular weight is 304 g/mol. The molecule has 0 spiro atoms. The monoisotopic (exact) mass is 303 g/mol. The molecule has 0 aliphatic carbocycles. The topological polar surface area (TPSA) is 45.2 Å². The third-order valence-electron chi connectivity index (χ3n) is 3.25. The highest BCUT2D eigenvalue weighted by Gasteiger charge is 2.15. The van der Waals surface area contributed by atoms with Gasteiger partial charge in [-0.1, -0.05) is 41.9 Å². The van der Waals surface area contributed by atoms with Crippen molar-refractivity contribution < 1.29 is 4.79 Å². The molecule has 0 saturated carbocycles. The molecule has 1 unspecified atom stereocenters. The van der Waals surface area contributed by atoms with Gasteiger partial charge in [-0.2, -0.15) is 0 Å². The van der Waals surface area contributed by atoms with Gasteiger partial charge in [0.15, 0.2) is 0 Å². The van der Waals surface area contributed by atoms with Gasteiger partial charge in [0.05, 0.1) is 6.04 Å². The van der Waals surface area contributed by atoms with Crippen LogP contribution in [0.5, 0.6) is 0 Å². The molecule has 2 rings (SSSR count). The van der Waals surface area contributed by atoms with Gasteiger partial charge in [-0.25, -0.2) is 4.98 Å². The van der Waals surface area contributed by atoms with Crippen LogP contribution in [0.1, 0.15) is 22.0 Å². The van der Waals surface area contributed by atoms with E-state index in [0.717, 1.165) is 5.56 Å². The molecule has 110 valence electrons. The van der Waals surface area contributed by atoms with Crippen molar-refractivity contribution >= 4 is 17.5 Å². The van der Waals surface area contributed by atoms with Gasteiger partial charge in [-0.15, -0.1) is 0 Å². The minimum absolute atomic E-state index is 0.118. The summed E-state index contributed by atoms with van der Waals surface area (Å²) in [7, 11) is 3.99. The number of rotatable bonds is 5. The Morgan fingerprint density at radius 3 is 2.62 bits per heavy atom. The van der Waals surface area contributed by atoms with E-state index in [4.69, 9.17) is 11.6 Å². The van der Waals surface area contributed by atoms with Gasteiger partial charge in [0, 0.05) is 18.3 Å². The molecule has 0 fully saturated rings. The Labute approximate surface area is 129 Å². The molecule has 0 saturated heterocycles. The van der Waals surface area contributed by atoms with Crippen molar-refractivity contribution in [1.82, 2.24) is 15.2 Å². The number of hydrogen-bond donors (Lipinski definition) is 1. The summed E-state index contributed by atoms with van der Waals surface area (Å²) in [6.45, 7) is 0.524. The van der Waals surface area contributed by atoms with Crippen LogP contribution in [0.4, 0.5) is 0 Å². The molecular weight excluding hydrogens is 286 g/mol. The predicted molar refractivity (Wildman–Crippen MR) is 84.5 cm³/mol. The maximum Gasteiger partial charge on any atom is 0.251 e. The summed E-state index contributed by atoms with van der Waals surface area (Å²) in [5, 5.41) is 3.25. The Kier molecular flexibility index (Phi) is 5.31. The Morgan fingerprint density at radius 1 is 1.29 bits per heavy atom. The maximum absolute atomic E-state index is 12.1. The van der Waals surface area contributed by atoms with Crippen molar-refractivity contribution in [2.24, 2.45) is 0 Å². The third-order valence-corrected chi connectivity index (χ3v) is 3.46. The lowest BCUT2D eigenvalue weighted by Crippen LogP contribution is -2.34. The van der Waals surface area contributed by atoms with Crippen LogP contribution < -0.4 is 5.32 Å². The van der Waals surface area contributed by atoms with Gasteiger partial charge < -0.3 is 10.2 Å². The van der Waals surface area contributed by atoms with Crippen LogP contribution in [0.2, 0.25) is 5.15 Å². The second kappa shape index (κ2) is 7.20. The number of amides is 1. The number of benzene rings is 1. The van der Waals surface area contributed by atoms with E-state index in [1.165, 1.54) is 6.20 Å². The molecule has 4 nitrogen and oxygen atoms in total. The van der Waals surface area contributed by atoms with Gasteiger partial charge >= 0.3 is 0 Å². The van der Waals surface area contributed by atoms with E-state index in [9.17, 15) is 4.79 Å². The lowest BCUT2D eigenvalue weighted by molar-refractivity contribution is 0.0942. The maximum atomic E-state index is 12.1. The molecular formula is C16H18ClN3O. The first-order chi connectivity index (χ1) is 10.1. The SMILES string of the molecule is CN(C)C(CNC(=O)c1ccnc(Cl)c1)c1ccccc1. The normalized spacial score (nSPS) is 12.2. The van der Waals surface area contributed by atoms with Crippen LogP contribution in [-0.4, -0.2) is 36.4 Å². The fraction of sp³-hybridized carbons (Fsp3) is 0.250. The number of carbonyl (C=O) groups is 1. The first kappa shape index (κ1) is 15.5. The molecule has 1 atom stereocenters. The van der Waals surface area contributed by atoms with Crippen molar-refractivity contribution in [2.75, 3.05) is 20.6 Å². The standard InChI is InChI=1S/C16H18ClN3O/c1-20(2)14(12-6-4-3-5-7-12)11-19-16(21)13-8-9-18-15(17)10-13/h3-10,14H,11H2,1-2H3,(H,19,21). The van der Waals surface area contributed by atoms with Crippen molar-refractivity contribution in [2.45, 2.75) is 6.04 Å². The van der Waals surface area contributed by atoms with Crippen LogP contribution in [-0.2, 0) is 0 Å². The zero-order valence-electron chi connectivity index (χ0n) is 12.1. The number of hydrogen-bond acceptors (Lipinski definition) is 3. The van der Waals surface area contributed by atoms with E-state index < -0.39 is 0 Å². The number of nitrogens with zero attached hydrogens (tertiary/aromatic N) is 2. The van der Waals surface area contributed by atoms with Gasteiger partial charge in [0.1, 0.15) is 5.15 Å². The van der Waals surface area contributed by atoms with Crippen LogP contribution in [0.25, 0.3) is 0 Å². The van der Waals surface area contributed by atoms with E-state index in [2.05, 4.69) is 27.3 Å². The second-order valence-electron chi connectivity index (χ2n) is 4.97. The smallest absolute Gasteiger partial charge is 0.251 e. The highest BCUT2D eigenvalue weighted by molar-refractivity contribution is 6.29. The summed E-state index contributed by atoms with van der Waals surface area (Å²) < 4.78 is 0. The number of pyridine rings is 1. The minimum atomic E-state index is -0.151. The summed E-state index contributed by atoms with van der Waals surface area (Å²) in [5.41, 5.74) is 1.68. The molecule has 1 aromatic heterocycles. The van der Waals surface area contributed by atoms with Crippen molar-refractivity contribution in [3.05, 3.63) is 64.9 Å². The average Bonchev–Trinajstić information content (AvgIpc) is 2.48. The Morgan fingerprint density at radius 2 is 2.00 bits per heavy atom. The van der Waals surface area contributed by atoms with Gasteiger partial charge in [-0.05, 0) is 31.8 Å². The molecule has 0 bridgehead atoms. The zero-order chi connectivity index (χ0) is 15.2. The largest absolute Gasteiger partial charge is 0.350 e. The van der Waals surface area contributed by atoms with Gasteiger partial charge in [0.2, 0.25) is 0 Å². The van der Waals surface area contributed by atoms with Crippen LogP contribution in [0.3, 0.4) is 0 Å². The van der Waals surface area contributed by atoms with Crippen molar-refractivity contribution in [3.63, 3.8) is 0 Å². The van der Waals surface area contributed by atoms with Crippen LogP contribution in [0.15, 0.2) is 48.7 Å². The first-order valence-electron chi connectivity index (χ1n) is 6.69. The van der Waals surface area contributed by atoms with Crippen molar-refractivity contribution in [3.8, 4) is 0 Å². The van der Waals surface area contributed by atoms with E-state index >= 15 is 0 Å². The fourth-order valence-electron chi connectivity index (χ4n) is 2.11. The Bertz CT molecular complexity index is 601. The van der Waals surface area contributed by atoms with Gasteiger partial charge in [0.25, 0.3) is 5.91 Å². The molecule has 0 radical (unpaired) electrons. The van der Waals surface area contributed by atoms with Crippen molar-refractivity contribution in [1.29, 1.82) is 0 Å². The highest BCUT2D eigenvalue weighted by Crippen LogP contribution is 2.17. The van der Waals surface area contributed by atoms with E-state index in [1.807, 2.05) is 32.3 Å². The molecule has 0 aliphatic heterocycles. The van der Waals surface area contributed by atoms with Crippen LogP contribution >= 0.6 is 11.6 Å². The summed E-state index contributed by atoms with van der Waals surface area (Å²) in [5.74, 6) is -0.151. The lowest BCUT2D eigenvalue weighted by Gasteiger charge is -2.25. The van der Waals surface area contributed by atoms with Crippen LogP contribution in [0, 0.1) is 0 Å². The summed E-state index contributed by atoms with van der Waals surface area (Å²) in [6, 6.07) is 13.4. The first-order valence-corrected chi connectivity index (χ1v) is 7.07. The van der Waals surface area contributed by atoms with Gasteiger partial charge in [-0.3, -0.25) is 4.79 Å². The Balaban J connectivity index is 2.04. The molecule has 1 aromatic carbocycles. The molecule has 2 aromatic rings. The molecule has 5 heteroatoms. The highest BCUT2D eigenvalue weighted by atomic mass is 35.5. The van der Waals surface area contributed by atoms with E-state index in [0.29, 0.717) is 17.3 Å². The lowest BCUT2D eigenvalue weighted by atomic mass is 10.1. The predicted octanol–water partition coefficient (Wildman–Crippen LogP) is 2.77. The summed E-state index contributed by atoms with van der Waals surface area (Å²) >= 11 is 5.80. The minimum Gasteiger partial charge on any atom is -0.350 e. The fourth-order valence-corrected chi connectivity index (χ4v) is 2.28. The number of aromatic nitrogens is 1. The summed E-state index contributed by atoms with van der Waals surface area (Å²) in [6.07, 6.45) is 1.53. The third kappa shape index (κ3) is 4.28. The number of halogens is 1. The quantitative estimate of drug-likeness (QED) is 0.864. The number of carbonyl (C=O) groups excluding carboxylic acids is 1. The number of likely N-dealkylation sites (N-methyl/N-ethyl adjacent to an activating group) is 1. The Hall–Kier alpha value is -1.91. The number of nitrogens with one attached hydrogen (secondary N) is 1. The molecule has 21 heavy (non-hydrogen) atoms. The second-order valence-corrected chi connectivity index (χ2v) is 5.35. The van der Waals surface area contributed by atoms with E-state index in [1.54, 1.807) is 12.1 Å².